The van der Waals surface area contributed by atoms with Crippen LogP contribution in [0.2, 0.25) is 0 Å². The lowest BCUT2D eigenvalue weighted by molar-refractivity contribution is -0.119. The van der Waals surface area contributed by atoms with E-state index in [0.29, 0.717) is 35.9 Å². The molecule has 3 heterocycles. The number of rotatable bonds is 4. The SMILES string of the molecule is CC(=O)N[C@H]1C[C@@H](c2nc(-c3ccccc3)n[nH]2)N(C(=O)c2ccoc2C)C1. The zero-order valence-corrected chi connectivity index (χ0v) is 15.7. The van der Waals surface area contributed by atoms with E-state index in [4.69, 9.17) is 4.42 Å². The smallest absolute Gasteiger partial charge is 0.258 e. The predicted molar refractivity (Wildman–Crippen MR) is 101 cm³/mol. The third-order valence-electron chi connectivity index (χ3n) is 4.91. The zero-order valence-electron chi connectivity index (χ0n) is 15.7. The van der Waals surface area contributed by atoms with E-state index in [9.17, 15) is 9.59 Å². The fourth-order valence-corrected chi connectivity index (χ4v) is 3.61. The summed E-state index contributed by atoms with van der Waals surface area (Å²) in [7, 11) is 0. The molecule has 144 valence electrons. The molecule has 4 rings (SSSR count). The molecular weight excluding hydrogens is 358 g/mol. The molecule has 1 saturated heterocycles. The van der Waals surface area contributed by atoms with E-state index in [0.717, 1.165) is 5.56 Å². The highest BCUT2D eigenvalue weighted by molar-refractivity contribution is 5.95. The highest BCUT2D eigenvalue weighted by Gasteiger charge is 2.39. The molecule has 0 bridgehead atoms. The van der Waals surface area contributed by atoms with Crippen molar-refractivity contribution in [1.82, 2.24) is 25.4 Å². The molecule has 2 aromatic heterocycles. The Kier molecular flexibility index (Phi) is 4.68. The summed E-state index contributed by atoms with van der Waals surface area (Å²) in [5.41, 5.74) is 1.40. The van der Waals surface area contributed by atoms with Crippen molar-refractivity contribution in [3.63, 3.8) is 0 Å². The van der Waals surface area contributed by atoms with Crippen LogP contribution in [0.5, 0.6) is 0 Å². The first-order chi connectivity index (χ1) is 13.5. The lowest BCUT2D eigenvalue weighted by Crippen LogP contribution is -2.37. The Morgan fingerprint density at radius 3 is 2.71 bits per heavy atom. The van der Waals surface area contributed by atoms with Gasteiger partial charge in [-0.1, -0.05) is 30.3 Å². The average molecular weight is 379 g/mol. The van der Waals surface area contributed by atoms with Crippen molar-refractivity contribution >= 4 is 11.8 Å². The molecule has 3 aromatic rings. The molecule has 28 heavy (non-hydrogen) atoms. The molecule has 2 amide bonds. The van der Waals surface area contributed by atoms with Gasteiger partial charge in [0.15, 0.2) is 5.82 Å². The molecule has 8 nitrogen and oxygen atoms in total. The van der Waals surface area contributed by atoms with Crippen LogP contribution in [0.25, 0.3) is 11.4 Å². The molecule has 8 heteroatoms. The molecule has 0 radical (unpaired) electrons. The van der Waals surface area contributed by atoms with Crippen molar-refractivity contribution in [2.24, 2.45) is 0 Å². The zero-order chi connectivity index (χ0) is 19.7. The molecule has 2 atom stereocenters. The first-order valence-electron chi connectivity index (χ1n) is 9.13. The van der Waals surface area contributed by atoms with Crippen LogP contribution >= 0.6 is 0 Å². The number of benzene rings is 1. The molecule has 1 fully saturated rings. The molecule has 1 aromatic carbocycles. The van der Waals surface area contributed by atoms with Crippen molar-refractivity contribution < 1.29 is 14.0 Å². The monoisotopic (exact) mass is 379 g/mol. The van der Waals surface area contributed by atoms with Crippen LogP contribution in [0.1, 0.15) is 41.3 Å². The quantitative estimate of drug-likeness (QED) is 0.725. The molecule has 0 aliphatic carbocycles. The molecule has 1 aliphatic heterocycles. The summed E-state index contributed by atoms with van der Waals surface area (Å²) < 4.78 is 5.29. The normalized spacial score (nSPS) is 19.0. The summed E-state index contributed by atoms with van der Waals surface area (Å²) in [6, 6.07) is 10.8. The van der Waals surface area contributed by atoms with Gasteiger partial charge in [-0.2, -0.15) is 5.10 Å². The van der Waals surface area contributed by atoms with Crippen molar-refractivity contribution in [2.45, 2.75) is 32.4 Å². The number of aryl methyl sites for hydroxylation is 1. The summed E-state index contributed by atoms with van der Waals surface area (Å²) in [6.45, 7) is 3.63. The summed E-state index contributed by atoms with van der Waals surface area (Å²) in [5.74, 6) is 1.46. The number of carbonyl (C=O) groups excluding carboxylic acids is 2. The second-order valence-corrected chi connectivity index (χ2v) is 6.91. The first-order valence-corrected chi connectivity index (χ1v) is 9.13. The number of aromatic nitrogens is 3. The minimum Gasteiger partial charge on any atom is -0.469 e. The Hall–Kier alpha value is -3.42. The number of furan rings is 1. The maximum atomic E-state index is 13.1. The second kappa shape index (κ2) is 7.30. The first kappa shape index (κ1) is 18.0. The fourth-order valence-electron chi connectivity index (χ4n) is 3.61. The number of amides is 2. The van der Waals surface area contributed by atoms with Gasteiger partial charge in [-0.15, -0.1) is 0 Å². The van der Waals surface area contributed by atoms with E-state index in [-0.39, 0.29) is 23.9 Å². The van der Waals surface area contributed by atoms with Crippen LogP contribution in [-0.4, -0.2) is 44.5 Å². The lowest BCUT2D eigenvalue weighted by atomic mass is 10.1. The number of likely N-dealkylation sites (tertiary alicyclic amines) is 1. The van der Waals surface area contributed by atoms with Gasteiger partial charge in [0.2, 0.25) is 5.91 Å². The van der Waals surface area contributed by atoms with Crippen LogP contribution in [0, 0.1) is 6.92 Å². The third-order valence-corrected chi connectivity index (χ3v) is 4.91. The predicted octanol–water partition coefficient (Wildman–Crippen LogP) is 2.47. The molecule has 2 N–H and O–H groups in total. The largest absolute Gasteiger partial charge is 0.469 e. The Bertz CT molecular complexity index is 994. The summed E-state index contributed by atoms with van der Waals surface area (Å²) in [6.07, 6.45) is 2.06. The van der Waals surface area contributed by atoms with E-state index in [1.54, 1.807) is 17.9 Å². The minimum absolute atomic E-state index is 0.125. The van der Waals surface area contributed by atoms with E-state index < -0.39 is 0 Å². The van der Waals surface area contributed by atoms with Crippen LogP contribution in [-0.2, 0) is 4.79 Å². The Balaban J connectivity index is 1.64. The van der Waals surface area contributed by atoms with Gasteiger partial charge in [0.1, 0.15) is 11.6 Å². The maximum absolute atomic E-state index is 13.1. The molecule has 0 saturated carbocycles. The second-order valence-electron chi connectivity index (χ2n) is 6.91. The molecular formula is C20H21N5O3. The number of hydrogen-bond acceptors (Lipinski definition) is 5. The Morgan fingerprint density at radius 2 is 2.04 bits per heavy atom. The Morgan fingerprint density at radius 1 is 1.25 bits per heavy atom. The fraction of sp³-hybridized carbons (Fsp3) is 0.300. The van der Waals surface area contributed by atoms with Gasteiger partial charge in [0.25, 0.3) is 5.91 Å². The van der Waals surface area contributed by atoms with E-state index >= 15 is 0 Å². The van der Waals surface area contributed by atoms with Gasteiger partial charge in [-0.3, -0.25) is 14.7 Å². The van der Waals surface area contributed by atoms with Crippen LogP contribution in [0.15, 0.2) is 47.1 Å². The van der Waals surface area contributed by atoms with Gasteiger partial charge >= 0.3 is 0 Å². The van der Waals surface area contributed by atoms with Crippen molar-refractivity contribution in [3.8, 4) is 11.4 Å². The third kappa shape index (κ3) is 3.40. The van der Waals surface area contributed by atoms with Crippen LogP contribution in [0.4, 0.5) is 0 Å². The summed E-state index contributed by atoms with van der Waals surface area (Å²) in [5, 5.41) is 10.2. The number of H-pyrrole nitrogens is 1. The van der Waals surface area contributed by atoms with Gasteiger partial charge < -0.3 is 14.6 Å². The molecule has 1 aliphatic rings. The van der Waals surface area contributed by atoms with E-state index in [1.807, 2.05) is 30.3 Å². The molecule has 0 unspecified atom stereocenters. The van der Waals surface area contributed by atoms with Gasteiger partial charge in [-0.05, 0) is 19.4 Å². The Labute approximate surface area is 162 Å². The van der Waals surface area contributed by atoms with Crippen LogP contribution < -0.4 is 5.32 Å². The molecule has 0 spiro atoms. The highest BCUT2D eigenvalue weighted by Crippen LogP contribution is 2.33. The van der Waals surface area contributed by atoms with Crippen molar-refractivity contribution in [1.29, 1.82) is 0 Å². The number of hydrogen-bond donors (Lipinski definition) is 2. The van der Waals surface area contributed by atoms with Crippen molar-refractivity contribution in [2.75, 3.05) is 6.54 Å². The average Bonchev–Trinajstić information content (AvgIpc) is 3.40. The summed E-state index contributed by atoms with van der Waals surface area (Å²) >= 11 is 0. The topological polar surface area (TPSA) is 104 Å². The standard InChI is InChI=1S/C20H21N5O3/c1-12-16(8-9-28-12)20(27)25-11-15(21-13(2)26)10-17(25)19-22-18(23-24-19)14-6-4-3-5-7-14/h3-9,15,17H,10-11H2,1-2H3,(H,21,26)(H,22,23,24)/t15-,17-/m0/s1. The van der Waals surface area contributed by atoms with Gasteiger partial charge in [0.05, 0.1) is 17.9 Å². The van der Waals surface area contributed by atoms with Gasteiger partial charge in [-0.25, -0.2) is 4.98 Å². The van der Waals surface area contributed by atoms with E-state index in [2.05, 4.69) is 20.5 Å². The number of nitrogens with zero attached hydrogens (tertiary/aromatic N) is 3. The highest BCUT2D eigenvalue weighted by atomic mass is 16.3. The van der Waals surface area contributed by atoms with Gasteiger partial charge in [0, 0.05) is 25.1 Å². The van der Waals surface area contributed by atoms with Crippen molar-refractivity contribution in [3.05, 3.63) is 59.8 Å². The maximum Gasteiger partial charge on any atom is 0.258 e. The number of aromatic amines is 1. The number of carbonyl (C=O) groups is 2. The lowest BCUT2D eigenvalue weighted by Gasteiger charge is -2.22. The van der Waals surface area contributed by atoms with Crippen LogP contribution in [0.3, 0.4) is 0 Å². The summed E-state index contributed by atoms with van der Waals surface area (Å²) in [4.78, 5) is 31.0. The number of nitrogens with one attached hydrogen (secondary N) is 2. The van der Waals surface area contributed by atoms with E-state index in [1.165, 1.54) is 13.2 Å². The minimum atomic E-state index is -0.316.